The minimum absolute atomic E-state index is 0.0144. The Morgan fingerprint density at radius 1 is 1.39 bits per heavy atom. The average Bonchev–Trinajstić information content (AvgIpc) is 2.97. The summed E-state index contributed by atoms with van der Waals surface area (Å²) >= 11 is 1.13. The minimum atomic E-state index is -3.16. The Hall–Kier alpha value is -1.06. The molecular weight excluding hydrogens is 336 g/mol. The number of sulfonamides is 1. The Kier molecular flexibility index (Phi) is 6.49. The van der Waals surface area contributed by atoms with Gasteiger partial charge in [-0.25, -0.2) is 13.1 Å². The molecule has 0 radical (unpaired) electrons. The lowest BCUT2D eigenvalue weighted by Crippen LogP contribution is -2.41. The molecular formula is C14H24N4O3S2. The summed E-state index contributed by atoms with van der Waals surface area (Å²) in [5, 5.41) is 3.87. The lowest BCUT2D eigenvalue weighted by Gasteiger charge is -2.31. The first kappa shape index (κ1) is 18.3. The van der Waals surface area contributed by atoms with Gasteiger partial charge in [-0.2, -0.15) is 0 Å². The van der Waals surface area contributed by atoms with Crippen LogP contribution in [-0.4, -0.2) is 54.2 Å². The Labute approximate surface area is 141 Å². The number of carbonyl (C=O) groups excluding carboxylic acids is 1. The first-order valence-electron chi connectivity index (χ1n) is 7.98. The molecule has 1 fully saturated rings. The van der Waals surface area contributed by atoms with Crippen molar-refractivity contribution in [1.82, 2.24) is 19.2 Å². The molecule has 0 spiro atoms. The van der Waals surface area contributed by atoms with E-state index in [9.17, 15) is 13.2 Å². The summed E-state index contributed by atoms with van der Waals surface area (Å²) in [5.41, 5.74) is 0.672. The SMILES string of the molecule is CCCCS(=O)(=O)NCC1CCN(C(=O)c2snnc2C)CC1. The van der Waals surface area contributed by atoms with E-state index >= 15 is 0 Å². The number of carbonyl (C=O) groups is 1. The van der Waals surface area contributed by atoms with Crippen LogP contribution in [0.4, 0.5) is 0 Å². The fourth-order valence-electron chi connectivity index (χ4n) is 2.56. The molecule has 0 atom stereocenters. The second kappa shape index (κ2) is 8.16. The van der Waals surface area contributed by atoms with Crippen molar-refractivity contribution in [2.24, 2.45) is 5.92 Å². The van der Waals surface area contributed by atoms with Gasteiger partial charge in [-0.15, -0.1) is 5.10 Å². The molecule has 9 heteroatoms. The number of nitrogens with zero attached hydrogens (tertiary/aromatic N) is 3. The van der Waals surface area contributed by atoms with Gasteiger partial charge in [0.05, 0.1) is 11.4 Å². The van der Waals surface area contributed by atoms with Gasteiger partial charge in [0.2, 0.25) is 10.0 Å². The van der Waals surface area contributed by atoms with Crippen molar-refractivity contribution in [2.45, 2.75) is 39.5 Å². The van der Waals surface area contributed by atoms with E-state index < -0.39 is 10.0 Å². The zero-order valence-electron chi connectivity index (χ0n) is 13.6. The van der Waals surface area contributed by atoms with Crippen LogP contribution in [0.15, 0.2) is 0 Å². The lowest BCUT2D eigenvalue weighted by molar-refractivity contribution is 0.0696. The number of likely N-dealkylation sites (tertiary alicyclic amines) is 1. The smallest absolute Gasteiger partial charge is 0.267 e. The molecule has 1 aromatic heterocycles. The maximum Gasteiger partial charge on any atom is 0.267 e. The lowest BCUT2D eigenvalue weighted by atomic mass is 9.97. The van der Waals surface area contributed by atoms with Crippen molar-refractivity contribution in [1.29, 1.82) is 0 Å². The van der Waals surface area contributed by atoms with Gasteiger partial charge in [0, 0.05) is 19.6 Å². The fraction of sp³-hybridized carbons (Fsp3) is 0.786. The summed E-state index contributed by atoms with van der Waals surface area (Å²) < 4.78 is 30.1. The summed E-state index contributed by atoms with van der Waals surface area (Å²) in [7, 11) is -3.16. The molecule has 2 heterocycles. The normalized spacial score (nSPS) is 16.7. The van der Waals surface area contributed by atoms with Crippen LogP contribution in [0.2, 0.25) is 0 Å². The molecule has 7 nitrogen and oxygen atoms in total. The average molecular weight is 361 g/mol. The van der Waals surface area contributed by atoms with Gasteiger partial charge in [-0.1, -0.05) is 17.8 Å². The number of rotatable bonds is 7. The van der Waals surface area contributed by atoms with Crippen LogP contribution in [-0.2, 0) is 10.0 Å². The van der Waals surface area contributed by atoms with Gasteiger partial charge in [-0.3, -0.25) is 4.79 Å². The Morgan fingerprint density at radius 3 is 2.65 bits per heavy atom. The van der Waals surface area contributed by atoms with Gasteiger partial charge in [0.1, 0.15) is 4.88 Å². The van der Waals surface area contributed by atoms with Crippen LogP contribution >= 0.6 is 11.5 Å². The fourth-order valence-corrected chi connectivity index (χ4v) is 4.49. The Bertz CT molecular complexity index is 622. The van der Waals surface area contributed by atoms with Crippen molar-refractivity contribution >= 4 is 27.5 Å². The number of nitrogens with one attached hydrogen (secondary N) is 1. The second-order valence-electron chi connectivity index (χ2n) is 5.94. The Morgan fingerprint density at radius 2 is 2.09 bits per heavy atom. The summed E-state index contributed by atoms with van der Waals surface area (Å²) in [4.78, 5) is 14.8. The second-order valence-corrected chi connectivity index (χ2v) is 8.62. The van der Waals surface area contributed by atoms with E-state index in [1.807, 2.05) is 11.8 Å². The first-order valence-corrected chi connectivity index (χ1v) is 10.4. The van der Waals surface area contributed by atoms with Gasteiger partial charge in [0.25, 0.3) is 5.91 Å². The predicted molar refractivity (Wildman–Crippen MR) is 90.0 cm³/mol. The summed E-state index contributed by atoms with van der Waals surface area (Å²) in [6.45, 7) is 5.53. The molecule has 0 unspecified atom stereocenters. The zero-order chi connectivity index (χ0) is 16.9. The van der Waals surface area contributed by atoms with Crippen LogP contribution in [0.5, 0.6) is 0 Å². The van der Waals surface area contributed by atoms with E-state index in [1.165, 1.54) is 0 Å². The maximum absolute atomic E-state index is 12.4. The van der Waals surface area contributed by atoms with Crippen molar-refractivity contribution in [3.05, 3.63) is 10.6 Å². The van der Waals surface area contributed by atoms with Crippen molar-refractivity contribution in [2.75, 3.05) is 25.4 Å². The molecule has 0 bridgehead atoms. The maximum atomic E-state index is 12.4. The van der Waals surface area contributed by atoms with E-state index in [1.54, 1.807) is 6.92 Å². The molecule has 0 saturated carbocycles. The largest absolute Gasteiger partial charge is 0.338 e. The quantitative estimate of drug-likeness (QED) is 0.794. The first-order chi connectivity index (χ1) is 10.9. The van der Waals surface area contributed by atoms with Gasteiger partial charge >= 0.3 is 0 Å². The highest BCUT2D eigenvalue weighted by Gasteiger charge is 2.26. The molecule has 2 rings (SSSR count). The third kappa shape index (κ3) is 5.22. The van der Waals surface area contributed by atoms with Crippen LogP contribution in [0, 0.1) is 12.8 Å². The Balaban J connectivity index is 1.78. The minimum Gasteiger partial charge on any atom is -0.338 e. The molecule has 23 heavy (non-hydrogen) atoms. The van der Waals surface area contributed by atoms with Crippen LogP contribution in [0.3, 0.4) is 0 Å². The molecule has 130 valence electrons. The van der Waals surface area contributed by atoms with Crippen molar-refractivity contribution in [3.8, 4) is 0 Å². The highest BCUT2D eigenvalue weighted by molar-refractivity contribution is 7.89. The molecule has 1 saturated heterocycles. The highest BCUT2D eigenvalue weighted by atomic mass is 32.2. The molecule has 1 aliphatic rings. The van der Waals surface area contributed by atoms with E-state index in [0.29, 0.717) is 36.6 Å². The number of aryl methyl sites for hydroxylation is 1. The van der Waals surface area contributed by atoms with E-state index in [0.717, 1.165) is 30.8 Å². The molecule has 1 aliphatic heterocycles. The van der Waals surface area contributed by atoms with Gasteiger partial charge in [0.15, 0.2) is 0 Å². The predicted octanol–water partition coefficient (Wildman–Crippen LogP) is 1.42. The van der Waals surface area contributed by atoms with Crippen molar-refractivity contribution in [3.63, 3.8) is 0 Å². The van der Waals surface area contributed by atoms with Crippen LogP contribution in [0.1, 0.15) is 48.0 Å². The van der Waals surface area contributed by atoms with E-state index in [2.05, 4.69) is 14.3 Å². The topological polar surface area (TPSA) is 92.3 Å². The third-order valence-electron chi connectivity index (χ3n) is 4.11. The molecule has 0 aromatic carbocycles. The van der Waals surface area contributed by atoms with Crippen LogP contribution in [0.25, 0.3) is 0 Å². The number of aromatic nitrogens is 2. The van der Waals surface area contributed by atoms with Crippen molar-refractivity contribution < 1.29 is 13.2 Å². The van der Waals surface area contributed by atoms with Gasteiger partial charge in [-0.05, 0) is 43.6 Å². The molecule has 1 aromatic rings. The number of amides is 1. The number of unbranched alkanes of at least 4 members (excludes halogenated alkanes) is 1. The van der Waals surface area contributed by atoms with E-state index in [-0.39, 0.29) is 17.6 Å². The zero-order valence-corrected chi connectivity index (χ0v) is 15.3. The highest BCUT2D eigenvalue weighted by Crippen LogP contribution is 2.20. The molecule has 1 amide bonds. The molecule has 1 N–H and O–H groups in total. The monoisotopic (exact) mass is 360 g/mol. The van der Waals surface area contributed by atoms with E-state index in [4.69, 9.17) is 0 Å². The van der Waals surface area contributed by atoms with Gasteiger partial charge < -0.3 is 4.90 Å². The summed E-state index contributed by atoms with van der Waals surface area (Å²) in [6, 6.07) is 0. The summed E-state index contributed by atoms with van der Waals surface area (Å²) in [6.07, 6.45) is 3.18. The number of hydrogen-bond acceptors (Lipinski definition) is 6. The summed E-state index contributed by atoms with van der Waals surface area (Å²) in [5.74, 6) is 0.467. The number of hydrogen-bond donors (Lipinski definition) is 1. The number of piperidine rings is 1. The third-order valence-corrected chi connectivity index (χ3v) is 6.35. The molecule has 0 aliphatic carbocycles. The standard InChI is InChI=1S/C14H24N4O3S2/c1-3-4-9-23(20,21)15-10-12-5-7-18(8-6-12)14(19)13-11(2)16-17-22-13/h12,15H,3-10H2,1-2H3. The van der Waals surface area contributed by atoms with Crippen LogP contribution < -0.4 is 4.72 Å².